The number of urea groups is 1. The molecule has 3 N–H and O–H groups in total. The van der Waals surface area contributed by atoms with E-state index in [-0.39, 0.29) is 17.8 Å². The summed E-state index contributed by atoms with van der Waals surface area (Å²) in [5.74, 6) is 0.141. The van der Waals surface area contributed by atoms with Crippen LogP contribution in [0.3, 0.4) is 0 Å². The van der Waals surface area contributed by atoms with Crippen LogP contribution in [0, 0.1) is 0 Å². The van der Waals surface area contributed by atoms with Gasteiger partial charge in [0.15, 0.2) is 0 Å². The van der Waals surface area contributed by atoms with E-state index in [9.17, 15) is 9.90 Å². The number of phenols is 1. The summed E-state index contributed by atoms with van der Waals surface area (Å²) < 4.78 is 0. The molecule has 2 aromatic rings. The molecule has 2 amide bonds. The van der Waals surface area contributed by atoms with Crippen LogP contribution in [0.5, 0.6) is 5.75 Å². The Morgan fingerprint density at radius 1 is 1.06 bits per heavy atom. The lowest BCUT2D eigenvalue weighted by Gasteiger charge is -2.27. The Labute approximate surface area is 104 Å². The summed E-state index contributed by atoms with van der Waals surface area (Å²) >= 11 is 0. The molecule has 90 valence electrons. The third-order valence-electron chi connectivity index (χ3n) is 3.00. The summed E-state index contributed by atoms with van der Waals surface area (Å²) in [6, 6.07) is 14.3. The average Bonchev–Trinajstić information content (AvgIpc) is 2.38. The van der Waals surface area contributed by atoms with Gasteiger partial charge in [0.2, 0.25) is 0 Å². The summed E-state index contributed by atoms with van der Waals surface area (Å²) in [5.41, 5.74) is 2.60. The lowest BCUT2D eigenvalue weighted by molar-refractivity contribution is 0.249. The van der Waals surface area contributed by atoms with Crippen molar-refractivity contribution in [3.63, 3.8) is 0 Å². The predicted octanol–water partition coefficient (Wildman–Crippen LogP) is 2.62. The minimum atomic E-state index is -0.262. The topological polar surface area (TPSA) is 61.4 Å². The first-order valence-electron chi connectivity index (χ1n) is 5.69. The molecule has 18 heavy (non-hydrogen) atoms. The number of anilines is 1. The molecule has 1 atom stereocenters. The van der Waals surface area contributed by atoms with Crippen molar-refractivity contribution in [1.29, 1.82) is 0 Å². The minimum Gasteiger partial charge on any atom is -0.508 e. The highest BCUT2D eigenvalue weighted by atomic mass is 16.3. The highest BCUT2D eigenvalue weighted by Crippen LogP contribution is 2.33. The summed E-state index contributed by atoms with van der Waals surface area (Å²) in [4.78, 5) is 11.6. The second kappa shape index (κ2) is 4.07. The van der Waals surface area contributed by atoms with E-state index in [4.69, 9.17) is 0 Å². The fourth-order valence-electron chi connectivity index (χ4n) is 2.18. The number of aromatic hydroxyl groups is 1. The van der Waals surface area contributed by atoms with Gasteiger partial charge in [0.1, 0.15) is 5.75 Å². The fourth-order valence-corrected chi connectivity index (χ4v) is 2.18. The van der Waals surface area contributed by atoms with Gasteiger partial charge in [-0.25, -0.2) is 4.79 Å². The highest BCUT2D eigenvalue weighted by Gasteiger charge is 2.25. The van der Waals surface area contributed by atoms with Gasteiger partial charge in [-0.3, -0.25) is 0 Å². The monoisotopic (exact) mass is 240 g/mol. The lowest BCUT2D eigenvalue weighted by atomic mass is 9.95. The first kappa shape index (κ1) is 10.7. The van der Waals surface area contributed by atoms with Crippen molar-refractivity contribution in [3.05, 3.63) is 59.7 Å². The van der Waals surface area contributed by atoms with Crippen LogP contribution < -0.4 is 10.6 Å². The van der Waals surface area contributed by atoms with Crippen molar-refractivity contribution in [1.82, 2.24) is 5.32 Å². The molecule has 4 nitrogen and oxygen atoms in total. The van der Waals surface area contributed by atoms with Crippen molar-refractivity contribution < 1.29 is 9.90 Å². The maximum Gasteiger partial charge on any atom is 0.320 e. The molecule has 0 radical (unpaired) electrons. The largest absolute Gasteiger partial charge is 0.508 e. The van der Waals surface area contributed by atoms with Crippen LogP contribution in [-0.2, 0) is 0 Å². The van der Waals surface area contributed by atoms with Gasteiger partial charge >= 0.3 is 6.03 Å². The molecular formula is C14H12N2O2. The third-order valence-corrected chi connectivity index (χ3v) is 3.00. The number of carbonyl (C=O) groups is 1. The SMILES string of the molecule is O=C1Nc2cc(O)ccc2C(c2ccccc2)N1. The average molecular weight is 240 g/mol. The molecule has 0 fully saturated rings. The number of phenolic OH excluding ortho intramolecular Hbond substituents is 1. The molecule has 0 bridgehead atoms. The van der Waals surface area contributed by atoms with Gasteiger partial charge in [-0.1, -0.05) is 36.4 Å². The zero-order valence-corrected chi connectivity index (χ0v) is 9.55. The Bertz CT molecular complexity index is 596. The quantitative estimate of drug-likeness (QED) is 0.717. The molecule has 0 saturated carbocycles. The smallest absolute Gasteiger partial charge is 0.320 e. The first-order chi connectivity index (χ1) is 8.74. The summed E-state index contributed by atoms with van der Waals surface area (Å²) in [6.07, 6.45) is 0. The zero-order valence-electron chi connectivity index (χ0n) is 9.55. The molecule has 1 heterocycles. The Morgan fingerprint density at radius 3 is 2.61 bits per heavy atom. The number of amides is 2. The highest BCUT2D eigenvalue weighted by molar-refractivity contribution is 5.93. The van der Waals surface area contributed by atoms with Gasteiger partial charge in [-0.2, -0.15) is 0 Å². The molecule has 0 saturated heterocycles. The Hall–Kier alpha value is -2.49. The van der Waals surface area contributed by atoms with Gasteiger partial charge in [0.05, 0.1) is 11.7 Å². The van der Waals surface area contributed by atoms with Crippen molar-refractivity contribution in [2.75, 3.05) is 5.32 Å². The number of rotatable bonds is 1. The second-order valence-corrected chi connectivity index (χ2v) is 4.21. The predicted molar refractivity (Wildman–Crippen MR) is 68.5 cm³/mol. The molecule has 1 aliphatic rings. The molecular weight excluding hydrogens is 228 g/mol. The number of hydrogen-bond donors (Lipinski definition) is 3. The number of hydrogen-bond acceptors (Lipinski definition) is 2. The van der Waals surface area contributed by atoms with Crippen molar-refractivity contribution in [2.45, 2.75) is 6.04 Å². The zero-order chi connectivity index (χ0) is 12.5. The van der Waals surface area contributed by atoms with Gasteiger partial charge in [0, 0.05) is 11.6 Å². The van der Waals surface area contributed by atoms with E-state index in [0.29, 0.717) is 5.69 Å². The maximum atomic E-state index is 11.6. The Morgan fingerprint density at radius 2 is 1.83 bits per heavy atom. The van der Waals surface area contributed by atoms with E-state index < -0.39 is 0 Å². The molecule has 4 heteroatoms. The number of nitrogens with one attached hydrogen (secondary N) is 2. The third kappa shape index (κ3) is 1.78. The molecule has 0 spiro atoms. The standard InChI is InChI=1S/C14H12N2O2/c17-10-6-7-11-12(8-10)15-14(18)16-13(11)9-4-2-1-3-5-9/h1-8,13,17H,(H2,15,16,18). The van der Waals surface area contributed by atoms with Crippen LogP contribution in [0.25, 0.3) is 0 Å². The van der Waals surface area contributed by atoms with Crippen LogP contribution in [0.2, 0.25) is 0 Å². The number of carbonyl (C=O) groups excluding carboxylic acids is 1. The maximum absolute atomic E-state index is 11.6. The van der Waals surface area contributed by atoms with E-state index in [1.165, 1.54) is 0 Å². The molecule has 2 aromatic carbocycles. The molecule has 0 aliphatic carbocycles. The van der Waals surface area contributed by atoms with E-state index in [1.54, 1.807) is 12.1 Å². The van der Waals surface area contributed by atoms with Crippen molar-refractivity contribution in [2.24, 2.45) is 0 Å². The van der Waals surface area contributed by atoms with E-state index in [0.717, 1.165) is 11.1 Å². The van der Waals surface area contributed by atoms with Crippen LogP contribution >= 0.6 is 0 Å². The number of fused-ring (bicyclic) bond motifs is 1. The fraction of sp³-hybridized carbons (Fsp3) is 0.0714. The number of benzene rings is 2. The molecule has 0 aromatic heterocycles. The van der Waals surface area contributed by atoms with Crippen LogP contribution in [0.4, 0.5) is 10.5 Å². The Balaban J connectivity index is 2.10. The minimum absolute atomic E-state index is 0.141. The normalized spacial score (nSPS) is 17.6. The molecule has 3 rings (SSSR count). The lowest BCUT2D eigenvalue weighted by Crippen LogP contribution is -2.38. The van der Waals surface area contributed by atoms with E-state index in [1.807, 2.05) is 36.4 Å². The van der Waals surface area contributed by atoms with Crippen molar-refractivity contribution >= 4 is 11.7 Å². The Kier molecular flexibility index (Phi) is 2.41. The summed E-state index contributed by atoms with van der Waals surface area (Å²) in [5, 5.41) is 15.0. The van der Waals surface area contributed by atoms with Gasteiger partial charge in [0.25, 0.3) is 0 Å². The van der Waals surface area contributed by atoms with E-state index >= 15 is 0 Å². The van der Waals surface area contributed by atoms with Gasteiger partial charge < -0.3 is 15.7 Å². The van der Waals surface area contributed by atoms with Crippen LogP contribution in [0.15, 0.2) is 48.5 Å². The van der Waals surface area contributed by atoms with Crippen LogP contribution in [0.1, 0.15) is 17.2 Å². The summed E-state index contributed by atoms with van der Waals surface area (Å²) in [7, 11) is 0. The van der Waals surface area contributed by atoms with E-state index in [2.05, 4.69) is 10.6 Å². The molecule has 1 unspecified atom stereocenters. The van der Waals surface area contributed by atoms with Gasteiger partial charge in [-0.05, 0) is 11.6 Å². The molecule has 1 aliphatic heterocycles. The van der Waals surface area contributed by atoms with Crippen LogP contribution in [-0.4, -0.2) is 11.1 Å². The van der Waals surface area contributed by atoms with Gasteiger partial charge in [-0.15, -0.1) is 0 Å². The summed E-state index contributed by atoms with van der Waals surface area (Å²) in [6.45, 7) is 0. The van der Waals surface area contributed by atoms with Crippen molar-refractivity contribution in [3.8, 4) is 5.75 Å². The second-order valence-electron chi connectivity index (χ2n) is 4.21. The first-order valence-corrected chi connectivity index (χ1v) is 5.69.